The number of pyridine rings is 1. The van der Waals surface area contributed by atoms with Crippen molar-refractivity contribution >= 4 is 5.95 Å². The molecule has 0 aliphatic heterocycles. The number of hydrogen-bond donors (Lipinski definition) is 2. The summed E-state index contributed by atoms with van der Waals surface area (Å²) in [6, 6.07) is 17.6. The second kappa shape index (κ2) is 9.43. The molecule has 35 heavy (non-hydrogen) atoms. The molecule has 0 saturated heterocycles. The maximum atomic E-state index is 13.4. The van der Waals surface area contributed by atoms with Crippen LogP contribution in [0.4, 0.5) is 19.1 Å². The molecular formula is C26H20F3N5O. The van der Waals surface area contributed by atoms with Crippen molar-refractivity contribution in [2.75, 3.05) is 5.32 Å². The Labute approximate surface area is 199 Å². The molecule has 0 unspecified atom stereocenters. The summed E-state index contributed by atoms with van der Waals surface area (Å²) in [5.74, 6) is 0.290. The average molecular weight is 475 g/mol. The molecule has 4 aromatic rings. The number of alkyl halides is 3. The molecule has 0 radical (unpaired) electrons. The quantitative estimate of drug-likeness (QED) is 0.376. The lowest BCUT2D eigenvalue weighted by molar-refractivity contribution is -0.137. The van der Waals surface area contributed by atoms with Crippen molar-refractivity contribution in [1.82, 2.24) is 15.0 Å². The zero-order valence-corrected chi connectivity index (χ0v) is 18.8. The van der Waals surface area contributed by atoms with E-state index in [2.05, 4.69) is 20.3 Å². The fourth-order valence-corrected chi connectivity index (χ4v) is 3.83. The van der Waals surface area contributed by atoms with E-state index in [1.807, 2.05) is 43.3 Å². The first kappa shape index (κ1) is 23.7. The summed E-state index contributed by atoms with van der Waals surface area (Å²) in [6.07, 6.45) is -3.05. The van der Waals surface area contributed by atoms with E-state index < -0.39 is 17.3 Å². The van der Waals surface area contributed by atoms with Gasteiger partial charge < -0.3 is 10.3 Å². The van der Waals surface area contributed by atoms with Crippen molar-refractivity contribution in [2.45, 2.75) is 26.1 Å². The molecule has 176 valence electrons. The predicted octanol–water partition coefficient (Wildman–Crippen LogP) is 5.87. The first-order valence-electron chi connectivity index (χ1n) is 10.7. The van der Waals surface area contributed by atoms with Gasteiger partial charge in [-0.1, -0.05) is 42.5 Å². The molecule has 0 amide bonds. The molecule has 2 heterocycles. The van der Waals surface area contributed by atoms with Gasteiger partial charge in [0.25, 0.3) is 5.56 Å². The highest BCUT2D eigenvalue weighted by molar-refractivity contribution is 5.83. The van der Waals surface area contributed by atoms with Crippen molar-refractivity contribution in [3.05, 3.63) is 99.5 Å². The number of nitrogens with one attached hydrogen (secondary N) is 2. The molecule has 9 heteroatoms. The van der Waals surface area contributed by atoms with Crippen molar-refractivity contribution in [1.29, 1.82) is 5.26 Å². The summed E-state index contributed by atoms with van der Waals surface area (Å²) in [5.41, 5.74) is 0.614. The lowest BCUT2D eigenvalue weighted by Gasteiger charge is -2.17. The number of hydrogen-bond acceptors (Lipinski definition) is 5. The van der Waals surface area contributed by atoms with Crippen molar-refractivity contribution in [3.63, 3.8) is 0 Å². The Balaban J connectivity index is 1.85. The normalized spacial score (nSPS) is 12.1. The van der Waals surface area contributed by atoms with E-state index >= 15 is 0 Å². The Morgan fingerprint density at radius 1 is 1.09 bits per heavy atom. The molecule has 2 N–H and O–H groups in total. The van der Waals surface area contributed by atoms with Crippen LogP contribution in [0.2, 0.25) is 0 Å². The van der Waals surface area contributed by atoms with E-state index in [0.29, 0.717) is 16.8 Å². The molecule has 2 aromatic heterocycles. The number of aromatic amines is 1. The fraction of sp³-hybridized carbons (Fsp3) is 0.154. The van der Waals surface area contributed by atoms with E-state index in [4.69, 9.17) is 0 Å². The molecule has 0 fully saturated rings. The third-order valence-electron chi connectivity index (χ3n) is 5.61. The van der Waals surface area contributed by atoms with Gasteiger partial charge in [0.15, 0.2) is 0 Å². The van der Waals surface area contributed by atoms with E-state index in [1.165, 1.54) is 18.3 Å². The monoisotopic (exact) mass is 475 g/mol. The van der Waals surface area contributed by atoms with Gasteiger partial charge in [0.05, 0.1) is 23.0 Å². The minimum Gasteiger partial charge on any atom is -0.348 e. The van der Waals surface area contributed by atoms with Gasteiger partial charge in [-0.15, -0.1) is 0 Å². The van der Waals surface area contributed by atoms with Crippen LogP contribution in [0.1, 0.15) is 35.2 Å². The Bertz CT molecular complexity index is 1470. The number of benzene rings is 2. The molecule has 6 nitrogen and oxygen atoms in total. The Morgan fingerprint density at radius 3 is 2.51 bits per heavy atom. The van der Waals surface area contributed by atoms with E-state index in [-0.39, 0.29) is 28.8 Å². The predicted molar refractivity (Wildman–Crippen MR) is 126 cm³/mol. The van der Waals surface area contributed by atoms with E-state index in [9.17, 15) is 23.2 Å². The van der Waals surface area contributed by atoms with Crippen molar-refractivity contribution in [2.24, 2.45) is 0 Å². The highest BCUT2D eigenvalue weighted by atomic mass is 19.4. The summed E-state index contributed by atoms with van der Waals surface area (Å²) in [4.78, 5) is 24.0. The van der Waals surface area contributed by atoms with Crippen LogP contribution in [0.25, 0.3) is 22.5 Å². The van der Waals surface area contributed by atoms with Crippen LogP contribution in [0.5, 0.6) is 0 Å². The summed E-state index contributed by atoms with van der Waals surface area (Å²) in [7, 11) is 0. The third kappa shape index (κ3) is 4.92. The smallest absolute Gasteiger partial charge is 0.348 e. The molecule has 0 spiro atoms. The molecule has 0 bridgehead atoms. The minimum absolute atomic E-state index is 0.124. The molecule has 2 aromatic carbocycles. The van der Waals surface area contributed by atoms with E-state index in [0.717, 1.165) is 17.7 Å². The number of anilines is 1. The Hall–Kier alpha value is -4.45. The van der Waals surface area contributed by atoms with Gasteiger partial charge in [-0.3, -0.25) is 4.79 Å². The van der Waals surface area contributed by atoms with Gasteiger partial charge in [0.1, 0.15) is 11.6 Å². The lowest BCUT2D eigenvalue weighted by atomic mass is 9.95. The molecule has 0 saturated carbocycles. The SMILES string of the molecule is Cc1c(-c2ccnc(N[C@@H](C)c3ccccc3)n2)c(-c2cccc(C(F)(F)F)c2)[nH]c(=O)c1C#N. The van der Waals surface area contributed by atoms with Gasteiger partial charge >= 0.3 is 6.18 Å². The second-order valence-electron chi connectivity index (χ2n) is 7.94. The lowest BCUT2D eigenvalue weighted by Crippen LogP contribution is -2.16. The molecule has 0 aliphatic rings. The van der Waals surface area contributed by atoms with Crippen LogP contribution < -0.4 is 10.9 Å². The largest absolute Gasteiger partial charge is 0.416 e. The maximum Gasteiger partial charge on any atom is 0.416 e. The topological polar surface area (TPSA) is 94.5 Å². The highest BCUT2D eigenvalue weighted by Crippen LogP contribution is 2.36. The zero-order chi connectivity index (χ0) is 25.2. The van der Waals surface area contributed by atoms with Gasteiger partial charge in [-0.2, -0.15) is 18.4 Å². The fourth-order valence-electron chi connectivity index (χ4n) is 3.83. The summed E-state index contributed by atoms with van der Waals surface area (Å²) < 4.78 is 40.1. The van der Waals surface area contributed by atoms with Crippen LogP contribution >= 0.6 is 0 Å². The number of H-pyrrole nitrogens is 1. The number of aromatic nitrogens is 3. The number of rotatable bonds is 5. The number of halogens is 3. The summed E-state index contributed by atoms with van der Waals surface area (Å²) >= 11 is 0. The van der Waals surface area contributed by atoms with Crippen LogP contribution in [0, 0.1) is 18.3 Å². The summed E-state index contributed by atoms with van der Waals surface area (Å²) in [6.45, 7) is 3.51. The molecule has 4 rings (SSSR count). The van der Waals surface area contributed by atoms with Crippen LogP contribution in [0.3, 0.4) is 0 Å². The second-order valence-corrected chi connectivity index (χ2v) is 7.94. The first-order chi connectivity index (χ1) is 16.7. The summed E-state index contributed by atoms with van der Waals surface area (Å²) in [5, 5.41) is 12.7. The van der Waals surface area contributed by atoms with Gasteiger partial charge in [0.2, 0.25) is 5.95 Å². The minimum atomic E-state index is -4.56. The van der Waals surface area contributed by atoms with Crippen LogP contribution in [-0.4, -0.2) is 15.0 Å². The van der Waals surface area contributed by atoms with Crippen LogP contribution in [0.15, 0.2) is 71.7 Å². The van der Waals surface area contributed by atoms with Crippen LogP contribution in [-0.2, 0) is 6.18 Å². The molecular weight excluding hydrogens is 455 g/mol. The highest BCUT2D eigenvalue weighted by Gasteiger charge is 2.31. The number of nitrogens with zero attached hydrogens (tertiary/aromatic N) is 3. The molecule has 1 atom stereocenters. The zero-order valence-electron chi connectivity index (χ0n) is 18.8. The standard InChI is InChI=1S/C26H20F3N5O/c1-15-20(14-30)24(35)34-23(18-9-6-10-19(13-18)26(27,28)29)22(15)21-11-12-31-25(33-21)32-16(2)17-7-4-3-5-8-17/h3-13,16H,1-2H3,(H,34,35)(H,31,32,33)/t16-/m0/s1. The van der Waals surface area contributed by atoms with Gasteiger partial charge in [0, 0.05) is 11.8 Å². The molecule has 0 aliphatic carbocycles. The first-order valence-corrected chi connectivity index (χ1v) is 10.7. The van der Waals surface area contributed by atoms with Gasteiger partial charge in [-0.05, 0) is 48.7 Å². The number of nitriles is 1. The Morgan fingerprint density at radius 2 is 1.83 bits per heavy atom. The third-order valence-corrected chi connectivity index (χ3v) is 5.61. The van der Waals surface area contributed by atoms with Gasteiger partial charge in [-0.25, -0.2) is 9.97 Å². The maximum absolute atomic E-state index is 13.4. The Kier molecular flexibility index (Phi) is 6.38. The van der Waals surface area contributed by atoms with Crippen molar-refractivity contribution < 1.29 is 13.2 Å². The average Bonchev–Trinajstić information content (AvgIpc) is 2.84. The van der Waals surface area contributed by atoms with E-state index in [1.54, 1.807) is 13.0 Å². The van der Waals surface area contributed by atoms with Crippen molar-refractivity contribution in [3.8, 4) is 28.6 Å².